The summed E-state index contributed by atoms with van der Waals surface area (Å²) in [6.07, 6.45) is 2.21. The van der Waals surface area contributed by atoms with E-state index in [4.69, 9.17) is 13.9 Å². The number of aromatic nitrogens is 1. The Bertz CT molecular complexity index is 1290. The van der Waals surface area contributed by atoms with Gasteiger partial charge in [-0.25, -0.2) is 9.78 Å². The van der Waals surface area contributed by atoms with Crippen LogP contribution in [0.15, 0.2) is 52.7 Å². The molecule has 182 valence electrons. The molecule has 1 N–H and O–H groups in total. The Morgan fingerprint density at radius 2 is 2.03 bits per heavy atom. The van der Waals surface area contributed by atoms with Crippen molar-refractivity contribution in [1.29, 1.82) is 0 Å². The van der Waals surface area contributed by atoms with E-state index in [1.807, 2.05) is 6.92 Å². The highest BCUT2D eigenvalue weighted by molar-refractivity contribution is 7.17. The molecule has 35 heavy (non-hydrogen) atoms. The van der Waals surface area contributed by atoms with Crippen molar-refractivity contribution in [2.45, 2.75) is 33.2 Å². The fourth-order valence-electron chi connectivity index (χ4n) is 3.73. The van der Waals surface area contributed by atoms with E-state index in [-0.39, 0.29) is 33.7 Å². The number of nitrogens with zero attached hydrogens (tertiary/aromatic N) is 2. The van der Waals surface area contributed by atoms with Crippen LogP contribution in [0.25, 0.3) is 5.76 Å². The van der Waals surface area contributed by atoms with Gasteiger partial charge >= 0.3 is 11.9 Å². The van der Waals surface area contributed by atoms with E-state index >= 15 is 0 Å². The summed E-state index contributed by atoms with van der Waals surface area (Å²) in [4.78, 5) is 44.4. The van der Waals surface area contributed by atoms with Crippen molar-refractivity contribution < 1.29 is 33.4 Å². The first kappa shape index (κ1) is 24.2. The quantitative estimate of drug-likeness (QED) is 0.207. The van der Waals surface area contributed by atoms with Crippen LogP contribution in [0, 0.1) is 6.92 Å². The summed E-state index contributed by atoms with van der Waals surface area (Å²) < 4.78 is 16.3. The second-order valence-corrected chi connectivity index (χ2v) is 8.67. The number of carbonyl (C=O) groups excluding carboxylic acids is 3. The minimum Gasteiger partial charge on any atom is -0.507 e. The van der Waals surface area contributed by atoms with Gasteiger partial charge in [0.05, 0.1) is 30.7 Å². The minimum absolute atomic E-state index is 0.119. The van der Waals surface area contributed by atoms with Crippen molar-refractivity contribution in [1.82, 2.24) is 4.98 Å². The number of hydrogen-bond acceptors (Lipinski definition) is 9. The highest BCUT2D eigenvalue weighted by atomic mass is 32.1. The molecule has 0 spiro atoms. The fourth-order valence-corrected chi connectivity index (χ4v) is 4.71. The van der Waals surface area contributed by atoms with Gasteiger partial charge in [0.25, 0.3) is 5.78 Å². The summed E-state index contributed by atoms with van der Waals surface area (Å²) in [6.45, 7) is 5.96. The molecule has 1 atom stereocenters. The van der Waals surface area contributed by atoms with Crippen molar-refractivity contribution in [3.63, 3.8) is 0 Å². The Morgan fingerprint density at radius 1 is 1.23 bits per heavy atom. The first-order valence-electron chi connectivity index (χ1n) is 11.1. The Morgan fingerprint density at radius 3 is 2.71 bits per heavy atom. The van der Waals surface area contributed by atoms with E-state index in [0.29, 0.717) is 23.6 Å². The third-order valence-electron chi connectivity index (χ3n) is 5.29. The highest BCUT2D eigenvalue weighted by Gasteiger charge is 2.49. The number of aliphatic hydroxyl groups excluding tert-OH is 1. The van der Waals surface area contributed by atoms with Gasteiger partial charge in [0.15, 0.2) is 5.13 Å². The van der Waals surface area contributed by atoms with Crippen molar-refractivity contribution >= 4 is 39.9 Å². The van der Waals surface area contributed by atoms with Gasteiger partial charge in [-0.1, -0.05) is 30.4 Å². The number of anilines is 1. The highest BCUT2D eigenvalue weighted by Crippen LogP contribution is 2.44. The standard InChI is InChI=1S/C25H24N2O7S/c1-4-11-33-16-9-6-8-15(13-16)20(28)18-19(17-10-7-12-34-17)27(23(30)21(18)29)25-26-14(3)22(35-25)24(31)32-5-2/h6-10,12-13,19,28H,4-5,11H2,1-3H3/b20-18+. The number of aryl methyl sites for hydroxylation is 1. The fraction of sp³-hybridized carbons (Fsp3) is 0.280. The number of furan rings is 1. The van der Waals surface area contributed by atoms with E-state index in [1.54, 1.807) is 50.2 Å². The molecule has 3 aromatic rings. The monoisotopic (exact) mass is 496 g/mol. The van der Waals surface area contributed by atoms with Crippen LogP contribution in [-0.4, -0.2) is 41.0 Å². The van der Waals surface area contributed by atoms with E-state index in [9.17, 15) is 19.5 Å². The van der Waals surface area contributed by atoms with Gasteiger partial charge in [0.2, 0.25) is 0 Å². The van der Waals surface area contributed by atoms with E-state index < -0.39 is 23.7 Å². The average molecular weight is 497 g/mol. The van der Waals surface area contributed by atoms with Crippen molar-refractivity contribution in [2.75, 3.05) is 18.1 Å². The Balaban J connectivity index is 1.83. The molecule has 9 nitrogen and oxygen atoms in total. The zero-order valence-corrected chi connectivity index (χ0v) is 20.3. The van der Waals surface area contributed by atoms with Crippen LogP contribution in [0.3, 0.4) is 0 Å². The number of ether oxygens (including phenoxy) is 2. The smallest absolute Gasteiger partial charge is 0.350 e. The third-order valence-corrected chi connectivity index (χ3v) is 6.43. The molecule has 1 unspecified atom stereocenters. The van der Waals surface area contributed by atoms with Crippen LogP contribution >= 0.6 is 11.3 Å². The van der Waals surface area contributed by atoms with Crippen LogP contribution in [0.4, 0.5) is 5.13 Å². The summed E-state index contributed by atoms with van der Waals surface area (Å²) >= 11 is 0.934. The second-order valence-electron chi connectivity index (χ2n) is 7.69. The topological polar surface area (TPSA) is 119 Å². The molecule has 1 aliphatic heterocycles. The average Bonchev–Trinajstić information content (AvgIpc) is 3.57. The first-order valence-corrected chi connectivity index (χ1v) is 11.9. The molecule has 0 aliphatic carbocycles. The molecule has 1 aromatic carbocycles. The number of esters is 1. The summed E-state index contributed by atoms with van der Waals surface area (Å²) in [7, 11) is 0. The predicted octanol–water partition coefficient (Wildman–Crippen LogP) is 4.64. The number of ketones is 1. The molecule has 1 saturated heterocycles. The molecular weight excluding hydrogens is 472 g/mol. The normalized spacial score (nSPS) is 17.1. The number of benzene rings is 1. The van der Waals surface area contributed by atoms with E-state index in [2.05, 4.69) is 4.98 Å². The SMILES string of the molecule is CCCOc1cccc(/C(O)=C2\C(=O)C(=O)N(c3nc(C)c(C(=O)OCC)s3)C2c2ccco2)c1. The second kappa shape index (κ2) is 10.1. The molecule has 0 radical (unpaired) electrons. The molecule has 3 heterocycles. The van der Waals surface area contributed by atoms with Crippen LogP contribution in [0.5, 0.6) is 5.75 Å². The Hall–Kier alpha value is -3.92. The lowest BCUT2D eigenvalue weighted by atomic mass is 9.99. The first-order chi connectivity index (χ1) is 16.9. The van der Waals surface area contributed by atoms with Crippen molar-refractivity contribution in [3.05, 3.63) is 70.1 Å². The van der Waals surface area contributed by atoms with Gasteiger partial charge in [0, 0.05) is 5.56 Å². The predicted molar refractivity (Wildman–Crippen MR) is 129 cm³/mol. The largest absolute Gasteiger partial charge is 0.507 e. The van der Waals surface area contributed by atoms with Gasteiger partial charge in [-0.2, -0.15) is 0 Å². The van der Waals surface area contributed by atoms with Crippen LogP contribution < -0.4 is 9.64 Å². The minimum atomic E-state index is -1.08. The number of amides is 1. The van der Waals surface area contributed by atoms with Crippen LogP contribution in [0.2, 0.25) is 0 Å². The lowest BCUT2D eigenvalue weighted by molar-refractivity contribution is -0.132. The molecule has 0 bridgehead atoms. The Kier molecular flexibility index (Phi) is 7.02. The summed E-state index contributed by atoms with van der Waals surface area (Å²) in [6, 6.07) is 8.79. The van der Waals surface area contributed by atoms with Gasteiger partial charge in [-0.3, -0.25) is 14.5 Å². The molecule has 10 heteroatoms. The molecule has 2 aromatic heterocycles. The number of aliphatic hydroxyl groups is 1. The summed E-state index contributed by atoms with van der Waals surface area (Å²) in [5.74, 6) is -1.94. The molecule has 1 fully saturated rings. The van der Waals surface area contributed by atoms with Gasteiger partial charge < -0.3 is 19.0 Å². The summed E-state index contributed by atoms with van der Waals surface area (Å²) in [5.41, 5.74) is 0.531. The molecular formula is C25H24N2O7S. The summed E-state index contributed by atoms with van der Waals surface area (Å²) in [5, 5.41) is 11.3. The van der Waals surface area contributed by atoms with Crippen LogP contribution in [-0.2, 0) is 14.3 Å². The Labute approximate surface area is 205 Å². The lowest BCUT2D eigenvalue weighted by Crippen LogP contribution is -2.29. The molecule has 4 rings (SSSR count). The maximum Gasteiger partial charge on any atom is 0.350 e. The lowest BCUT2D eigenvalue weighted by Gasteiger charge is -2.20. The van der Waals surface area contributed by atoms with E-state index in [0.717, 1.165) is 22.7 Å². The zero-order valence-electron chi connectivity index (χ0n) is 19.4. The molecule has 0 saturated carbocycles. The maximum atomic E-state index is 13.2. The zero-order chi connectivity index (χ0) is 25.1. The van der Waals surface area contributed by atoms with Crippen molar-refractivity contribution in [2.24, 2.45) is 0 Å². The number of rotatable bonds is 8. The van der Waals surface area contributed by atoms with Gasteiger partial charge in [-0.15, -0.1) is 0 Å². The maximum absolute atomic E-state index is 13.2. The van der Waals surface area contributed by atoms with Gasteiger partial charge in [-0.05, 0) is 44.5 Å². The number of thiazole rings is 1. The van der Waals surface area contributed by atoms with E-state index in [1.165, 1.54) is 6.26 Å². The molecule has 1 amide bonds. The van der Waals surface area contributed by atoms with Crippen molar-refractivity contribution in [3.8, 4) is 5.75 Å². The number of hydrogen-bond donors (Lipinski definition) is 1. The van der Waals surface area contributed by atoms with Gasteiger partial charge in [0.1, 0.15) is 28.2 Å². The number of carbonyl (C=O) groups is 3. The van der Waals surface area contributed by atoms with Crippen LogP contribution in [0.1, 0.15) is 53.0 Å². The third kappa shape index (κ3) is 4.57. The number of Topliss-reactive ketones (excluding diaryl/α,β-unsaturated/α-hetero) is 1. The molecule has 1 aliphatic rings.